The van der Waals surface area contributed by atoms with Gasteiger partial charge in [0, 0.05) is 6.42 Å². The third kappa shape index (κ3) is 6.58. The van der Waals surface area contributed by atoms with Gasteiger partial charge in [-0.3, -0.25) is 4.57 Å². The second-order valence-corrected chi connectivity index (χ2v) is 9.26. The van der Waals surface area contributed by atoms with E-state index in [0.717, 1.165) is 16.7 Å². The van der Waals surface area contributed by atoms with Crippen LogP contribution in [0.2, 0.25) is 0 Å². The maximum Gasteiger partial charge on any atom is 0.314 e. The molecule has 2 N–H and O–H groups in total. The Morgan fingerprint density at radius 3 is 1.54 bits per heavy atom. The van der Waals surface area contributed by atoms with Crippen molar-refractivity contribution in [3.05, 3.63) is 120 Å². The van der Waals surface area contributed by atoms with E-state index in [-0.39, 0.29) is 12.3 Å². The number of alkyl halides is 2. The zero-order valence-electron chi connectivity index (χ0n) is 20.8. The molecule has 0 bridgehead atoms. The van der Waals surface area contributed by atoms with Gasteiger partial charge >= 0.3 is 14.2 Å². The number of hydrogen-bond acceptors (Lipinski definition) is 3. The van der Waals surface area contributed by atoms with E-state index in [1.165, 1.54) is 6.33 Å². The molecule has 37 heavy (non-hydrogen) atoms. The summed E-state index contributed by atoms with van der Waals surface area (Å²) >= 11 is 0. The lowest BCUT2D eigenvalue weighted by atomic mass is 9.77. The van der Waals surface area contributed by atoms with E-state index in [9.17, 15) is 0 Å². The summed E-state index contributed by atoms with van der Waals surface area (Å²) in [6, 6.07) is 29.6. The van der Waals surface area contributed by atoms with E-state index < -0.39 is 25.5 Å². The SMILES string of the molecule is CCC(CC)CC(F)(F)c1ncn(C(c2ccccc2)(c2ccccc2)c2ccccc2)n1.O=[PH](O)O. The molecule has 196 valence electrons. The molecule has 0 aliphatic heterocycles. The summed E-state index contributed by atoms with van der Waals surface area (Å²) in [5.74, 6) is -3.60. The summed E-state index contributed by atoms with van der Waals surface area (Å²) in [6.07, 6.45) is 2.60. The number of hydrogen-bond donors (Lipinski definition) is 2. The lowest BCUT2D eigenvalue weighted by Gasteiger charge is -2.36. The Morgan fingerprint density at radius 1 is 0.811 bits per heavy atom. The minimum absolute atomic E-state index is 0.0749. The highest BCUT2D eigenvalue weighted by atomic mass is 31.1. The van der Waals surface area contributed by atoms with E-state index in [4.69, 9.17) is 14.4 Å². The first kappa shape index (κ1) is 28.4. The van der Waals surface area contributed by atoms with Crippen LogP contribution in [0.3, 0.4) is 0 Å². The first-order chi connectivity index (χ1) is 17.8. The first-order valence-electron chi connectivity index (χ1n) is 12.1. The highest BCUT2D eigenvalue weighted by molar-refractivity contribution is 7.30. The van der Waals surface area contributed by atoms with Crippen molar-refractivity contribution in [2.24, 2.45) is 5.92 Å². The van der Waals surface area contributed by atoms with Crippen LogP contribution in [0.1, 0.15) is 55.6 Å². The second-order valence-electron chi connectivity index (χ2n) is 8.69. The Kier molecular flexibility index (Phi) is 9.86. The van der Waals surface area contributed by atoms with Crippen molar-refractivity contribution >= 4 is 8.25 Å². The van der Waals surface area contributed by atoms with E-state index in [0.29, 0.717) is 12.8 Å². The lowest BCUT2D eigenvalue weighted by molar-refractivity contribution is -0.0388. The Bertz CT molecular complexity index is 1150. The molecule has 0 saturated carbocycles. The minimum Gasteiger partial charge on any atom is -0.326 e. The zero-order chi connectivity index (χ0) is 26.9. The fraction of sp³-hybridized carbons (Fsp3) is 0.286. The average molecular weight is 528 g/mol. The predicted octanol–water partition coefficient (Wildman–Crippen LogP) is 6.40. The summed E-state index contributed by atoms with van der Waals surface area (Å²) in [4.78, 5) is 18.5. The molecule has 6 nitrogen and oxygen atoms in total. The molecular formula is C28H32F2N3O3P. The maximum absolute atomic E-state index is 15.3. The molecule has 0 atom stereocenters. The van der Waals surface area contributed by atoms with E-state index >= 15 is 8.78 Å². The first-order valence-corrected chi connectivity index (χ1v) is 13.4. The van der Waals surface area contributed by atoms with Gasteiger partial charge in [-0.25, -0.2) is 9.67 Å². The monoisotopic (exact) mass is 527 g/mol. The van der Waals surface area contributed by atoms with Gasteiger partial charge in [-0.2, -0.15) is 8.78 Å². The van der Waals surface area contributed by atoms with Gasteiger partial charge in [0.15, 0.2) is 0 Å². The topological polar surface area (TPSA) is 88.2 Å². The van der Waals surface area contributed by atoms with Crippen molar-refractivity contribution in [1.29, 1.82) is 0 Å². The smallest absolute Gasteiger partial charge is 0.314 e. The number of aromatic nitrogens is 3. The number of nitrogens with zero attached hydrogens (tertiary/aromatic N) is 3. The van der Waals surface area contributed by atoms with Gasteiger partial charge in [0.1, 0.15) is 11.9 Å². The summed E-state index contributed by atoms with van der Waals surface area (Å²) in [7, 11) is -3.13. The molecule has 0 unspecified atom stereocenters. The molecular weight excluding hydrogens is 495 g/mol. The fourth-order valence-electron chi connectivity index (χ4n) is 4.56. The molecule has 4 rings (SSSR count). The molecule has 3 aromatic carbocycles. The summed E-state index contributed by atoms with van der Waals surface area (Å²) in [5, 5.41) is 4.46. The third-order valence-electron chi connectivity index (χ3n) is 6.44. The summed E-state index contributed by atoms with van der Waals surface area (Å²) in [6.45, 7) is 3.89. The fourth-order valence-corrected chi connectivity index (χ4v) is 4.56. The molecule has 4 aromatic rings. The molecule has 0 aliphatic carbocycles. The van der Waals surface area contributed by atoms with Crippen LogP contribution >= 0.6 is 8.25 Å². The Morgan fingerprint density at radius 2 is 1.19 bits per heavy atom. The predicted molar refractivity (Wildman–Crippen MR) is 141 cm³/mol. The second kappa shape index (κ2) is 12.9. The molecule has 0 spiro atoms. The Hall–Kier alpha value is -3.19. The van der Waals surface area contributed by atoms with Crippen LogP contribution < -0.4 is 0 Å². The molecule has 1 heterocycles. The van der Waals surface area contributed by atoms with Gasteiger partial charge in [0.2, 0.25) is 5.82 Å². The standard InChI is InChI=1S/C28H29F2N3.H3O3P/c1-3-22(4-2)20-27(29,30)26-31-21-33(32-26)28(23-14-8-5-9-15-23,24-16-10-6-11-17-24)25-18-12-7-13-19-25;1-4(2)3/h5-19,21-22H,3-4,20H2,1-2H3;4H,(H2,1,2,3). The van der Waals surface area contributed by atoms with E-state index in [2.05, 4.69) is 10.1 Å². The lowest BCUT2D eigenvalue weighted by Crippen LogP contribution is -2.38. The van der Waals surface area contributed by atoms with Crippen LogP contribution in [0, 0.1) is 5.92 Å². The van der Waals surface area contributed by atoms with Crippen molar-refractivity contribution in [3.63, 3.8) is 0 Å². The normalized spacial score (nSPS) is 11.9. The Balaban J connectivity index is 0.000000886. The van der Waals surface area contributed by atoms with E-state index in [1.54, 1.807) is 4.68 Å². The molecule has 0 aliphatic rings. The highest BCUT2D eigenvalue weighted by Crippen LogP contribution is 2.41. The third-order valence-corrected chi connectivity index (χ3v) is 6.44. The van der Waals surface area contributed by atoms with Crippen molar-refractivity contribution in [2.75, 3.05) is 0 Å². The number of halogens is 2. The molecule has 1 aromatic heterocycles. The van der Waals surface area contributed by atoms with Gasteiger partial charge in [-0.15, -0.1) is 5.10 Å². The zero-order valence-corrected chi connectivity index (χ0v) is 21.8. The van der Waals surface area contributed by atoms with Crippen molar-refractivity contribution in [1.82, 2.24) is 14.8 Å². The Labute approximate surface area is 216 Å². The van der Waals surface area contributed by atoms with Crippen LogP contribution in [0.15, 0.2) is 97.3 Å². The van der Waals surface area contributed by atoms with Crippen LogP contribution in [0.25, 0.3) is 0 Å². The summed E-state index contributed by atoms with van der Waals surface area (Å²) < 4.78 is 40.8. The van der Waals surface area contributed by atoms with Crippen LogP contribution in [-0.2, 0) is 16.0 Å². The van der Waals surface area contributed by atoms with Gasteiger partial charge in [-0.1, -0.05) is 118 Å². The summed E-state index contributed by atoms with van der Waals surface area (Å²) in [5.41, 5.74) is 1.81. The number of benzene rings is 3. The molecule has 0 amide bonds. The molecule has 0 radical (unpaired) electrons. The van der Waals surface area contributed by atoms with Crippen molar-refractivity contribution in [2.45, 2.75) is 44.6 Å². The van der Waals surface area contributed by atoms with Crippen LogP contribution in [-0.4, -0.2) is 24.6 Å². The molecule has 9 heteroatoms. The van der Waals surface area contributed by atoms with Gasteiger partial charge in [0.05, 0.1) is 0 Å². The van der Waals surface area contributed by atoms with Gasteiger partial charge in [-0.05, 0) is 22.6 Å². The van der Waals surface area contributed by atoms with Crippen molar-refractivity contribution in [3.8, 4) is 0 Å². The largest absolute Gasteiger partial charge is 0.326 e. The van der Waals surface area contributed by atoms with Crippen LogP contribution in [0.5, 0.6) is 0 Å². The molecule has 0 saturated heterocycles. The van der Waals surface area contributed by atoms with Gasteiger partial charge in [0.25, 0.3) is 0 Å². The maximum atomic E-state index is 15.3. The van der Waals surface area contributed by atoms with Crippen LogP contribution in [0.4, 0.5) is 8.78 Å². The molecule has 0 fully saturated rings. The minimum atomic E-state index is -3.13. The average Bonchev–Trinajstić information content (AvgIpc) is 3.41. The number of rotatable bonds is 9. The van der Waals surface area contributed by atoms with Crippen molar-refractivity contribution < 1.29 is 23.1 Å². The van der Waals surface area contributed by atoms with E-state index in [1.807, 2.05) is 105 Å². The van der Waals surface area contributed by atoms with Gasteiger partial charge < -0.3 is 9.79 Å². The quantitative estimate of drug-likeness (QED) is 0.194. The highest BCUT2D eigenvalue weighted by Gasteiger charge is 2.43.